The second kappa shape index (κ2) is 10.1. The van der Waals surface area contributed by atoms with E-state index in [4.69, 9.17) is 5.11 Å². The molecule has 154 valence electrons. The number of rotatable bonds is 8. The Hall–Kier alpha value is -2.82. The Morgan fingerprint density at radius 3 is 2.28 bits per heavy atom. The zero-order chi connectivity index (χ0) is 20.6. The minimum atomic E-state index is -0.825. The summed E-state index contributed by atoms with van der Waals surface area (Å²) in [6, 6.07) is 19.2. The predicted molar refractivity (Wildman–Crippen MR) is 115 cm³/mol. The summed E-state index contributed by atoms with van der Waals surface area (Å²) in [7, 11) is 0. The third-order valence-electron chi connectivity index (χ3n) is 5.70. The lowest BCUT2D eigenvalue weighted by molar-refractivity contribution is -0.138. The number of benzene rings is 2. The highest BCUT2D eigenvalue weighted by atomic mass is 16.4. The molecule has 0 spiro atoms. The van der Waals surface area contributed by atoms with Crippen LogP contribution in [0.4, 0.5) is 5.69 Å². The number of piperidine rings is 1. The van der Waals surface area contributed by atoms with Crippen molar-refractivity contribution in [3.05, 3.63) is 65.7 Å². The van der Waals surface area contributed by atoms with Crippen molar-refractivity contribution in [1.29, 1.82) is 0 Å². The van der Waals surface area contributed by atoms with Crippen LogP contribution in [0.25, 0.3) is 0 Å². The SMILES string of the molecule is CC(=O)N(CCCC(=O)O)Cc1ccc(N2CCC(c3ccccc3)CC2)cc1. The Morgan fingerprint density at radius 1 is 1.03 bits per heavy atom. The van der Waals surface area contributed by atoms with Crippen molar-refractivity contribution < 1.29 is 14.7 Å². The smallest absolute Gasteiger partial charge is 0.303 e. The maximum Gasteiger partial charge on any atom is 0.303 e. The molecule has 5 nitrogen and oxygen atoms in total. The van der Waals surface area contributed by atoms with Gasteiger partial charge in [-0.3, -0.25) is 9.59 Å². The second-order valence-corrected chi connectivity index (χ2v) is 7.78. The number of carbonyl (C=O) groups is 2. The molecule has 5 heteroatoms. The molecular formula is C24H30N2O3. The average molecular weight is 395 g/mol. The number of aliphatic carboxylic acids is 1. The van der Waals surface area contributed by atoms with Gasteiger partial charge >= 0.3 is 5.97 Å². The number of carboxylic acids is 1. The van der Waals surface area contributed by atoms with E-state index in [-0.39, 0.29) is 12.3 Å². The second-order valence-electron chi connectivity index (χ2n) is 7.78. The molecule has 1 aliphatic heterocycles. The standard InChI is InChI=1S/C24H30N2O3/c1-19(27)26(15-5-8-24(28)29)18-20-9-11-23(12-10-20)25-16-13-22(14-17-25)21-6-3-2-4-7-21/h2-4,6-7,9-12,22H,5,8,13-18H2,1H3,(H,28,29). The summed E-state index contributed by atoms with van der Waals surface area (Å²) >= 11 is 0. The number of amides is 1. The van der Waals surface area contributed by atoms with Crippen LogP contribution in [-0.4, -0.2) is 41.5 Å². The maximum absolute atomic E-state index is 11.9. The van der Waals surface area contributed by atoms with Gasteiger partial charge in [0.2, 0.25) is 5.91 Å². The van der Waals surface area contributed by atoms with Gasteiger partial charge in [-0.25, -0.2) is 0 Å². The molecule has 1 N–H and O–H groups in total. The van der Waals surface area contributed by atoms with Gasteiger partial charge in [-0.2, -0.15) is 0 Å². The van der Waals surface area contributed by atoms with Crippen LogP contribution >= 0.6 is 0 Å². The van der Waals surface area contributed by atoms with Crippen molar-refractivity contribution >= 4 is 17.6 Å². The van der Waals surface area contributed by atoms with E-state index in [0.29, 0.717) is 25.4 Å². The van der Waals surface area contributed by atoms with Crippen LogP contribution in [0, 0.1) is 0 Å². The fraction of sp³-hybridized carbons (Fsp3) is 0.417. The molecule has 1 saturated heterocycles. The molecule has 0 aliphatic carbocycles. The van der Waals surface area contributed by atoms with Crippen molar-refractivity contribution in [2.75, 3.05) is 24.5 Å². The highest BCUT2D eigenvalue weighted by Crippen LogP contribution is 2.30. The van der Waals surface area contributed by atoms with Gasteiger partial charge in [-0.05, 0) is 48.4 Å². The summed E-state index contributed by atoms with van der Waals surface area (Å²) in [5, 5.41) is 8.78. The normalized spacial score (nSPS) is 14.6. The topological polar surface area (TPSA) is 60.9 Å². The lowest BCUT2D eigenvalue weighted by Gasteiger charge is -2.34. The van der Waals surface area contributed by atoms with E-state index in [9.17, 15) is 9.59 Å². The highest BCUT2D eigenvalue weighted by molar-refractivity contribution is 5.73. The Balaban J connectivity index is 1.53. The minimum absolute atomic E-state index is 0.0255. The van der Waals surface area contributed by atoms with Crippen LogP contribution < -0.4 is 4.90 Å². The lowest BCUT2D eigenvalue weighted by Crippen LogP contribution is -2.33. The van der Waals surface area contributed by atoms with Crippen molar-refractivity contribution in [3.8, 4) is 0 Å². The van der Waals surface area contributed by atoms with E-state index >= 15 is 0 Å². The average Bonchev–Trinajstić information content (AvgIpc) is 2.74. The molecule has 0 saturated carbocycles. The first-order valence-corrected chi connectivity index (χ1v) is 10.4. The summed E-state index contributed by atoms with van der Waals surface area (Å²) in [6.45, 7) is 4.62. The number of anilines is 1. The number of carbonyl (C=O) groups excluding carboxylic acids is 1. The molecule has 1 fully saturated rings. The van der Waals surface area contributed by atoms with Crippen molar-refractivity contribution in [2.24, 2.45) is 0 Å². The van der Waals surface area contributed by atoms with Crippen molar-refractivity contribution in [2.45, 2.75) is 45.1 Å². The van der Waals surface area contributed by atoms with Gasteiger partial charge in [0.25, 0.3) is 0 Å². The molecule has 0 aromatic heterocycles. The highest BCUT2D eigenvalue weighted by Gasteiger charge is 2.20. The number of hydrogen-bond donors (Lipinski definition) is 1. The van der Waals surface area contributed by atoms with E-state index in [1.807, 2.05) is 0 Å². The molecule has 0 atom stereocenters. The van der Waals surface area contributed by atoms with Crippen LogP contribution in [0.5, 0.6) is 0 Å². The third-order valence-corrected chi connectivity index (χ3v) is 5.70. The number of carboxylic acid groups (broad SMARTS) is 1. The zero-order valence-electron chi connectivity index (χ0n) is 17.1. The van der Waals surface area contributed by atoms with Gasteiger partial charge in [0.1, 0.15) is 0 Å². The molecule has 2 aromatic rings. The van der Waals surface area contributed by atoms with Crippen LogP contribution in [0.3, 0.4) is 0 Å². The number of nitrogens with zero attached hydrogens (tertiary/aromatic N) is 2. The molecule has 29 heavy (non-hydrogen) atoms. The van der Waals surface area contributed by atoms with Gasteiger partial charge in [0, 0.05) is 45.2 Å². The molecule has 0 unspecified atom stereocenters. The van der Waals surface area contributed by atoms with Crippen LogP contribution in [0.2, 0.25) is 0 Å². The fourth-order valence-corrected chi connectivity index (χ4v) is 4.00. The predicted octanol–water partition coefficient (Wildman–Crippen LogP) is 4.28. The minimum Gasteiger partial charge on any atom is -0.481 e. The summed E-state index contributed by atoms with van der Waals surface area (Å²) in [6.07, 6.45) is 2.88. The van der Waals surface area contributed by atoms with E-state index in [1.54, 1.807) is 4.90 Å². The largest absolute Gasteiger partial charge is 0.481 e. The summed E-state index contributed by atoms with van der Waals surface area (Å²) in [5.74, 6) is -0.210. The Morgan fingerprint density at radius 2 is 1.69 bits per heavy atom. The summed E-state index contributed by atoms with van der Waals surface area (Å²) < 4.78 is 0. The van der Waals surface area contributed by atoms with Gasteiger partial charge in [-0.15, -0.1) is 0 Å². The monoisotopic (exact) mass is 394 g/mol. The molecule has 1 amide bonds. The Bertz CT molecular complexity index is 797. The first-order chi connectivity index (χ1) is 14.0. The van der Waals surface area contributed by atoms with Crippen molar-refractivity contribution in [3.63, 3.8) is 0 Å². The van der Waals surface area contributed by atoms with E-state index in [0.717, 1.165) is 31.5 Å². The Labute approximate surface area is 172 Å². The van der Waals surface area contributed by atoms with Crippen LogP contribution in [-0.2, 0) is 16.1 Å². The van der Waals surface area contributed by atoms with E-state index in [2.05, 4.69) is 59.5 Å². The zero-order valence-corrected chi connectivity index (χ0v) is 17.1. The quantitative estimate of drug-likeness (QED) is 0.726. The van der Waals surface area contributed by atoms with Gasteiger partial charge in [0.15, 0.2) is 0 Å². The van der Waals surface area contributed by atoms with E-state index < -0.39 is 5.97 Å². The summed E-state index contributed by atoms with van der Waals surface area (Å²) in [4.78, 5) is 26.7. The molecule has 3 rings (SSSR count). The van der Waals surface area contributed by atoms with Crippen LogP contribution in [0.1, 0.15) is 49.7 Å². The summed E-state index contributed by atoms with van der Waals surface area (Å²) in [5.41, 5.74) is 3.73. The first-order valence-electron chi connectivity index (χ1n) is 10.4. The van der Waals surface area contributed by atoms with Gasteiger partial charge in [0.05, 0.1) is 0 Å². The van der Waals surface area contributed by atoms with Crippen LogP contribution in [0.15, 0.2) is 54.6 Å². The first kappa shape index (κ1) is 20.9. The molecule has 2 aromatic carbocycles. The maximum atomic E-state index is 11.9. The Kier molecular flexibility index (Phi) is 7.28. The molecule has 0 radical (unpaired) electrons. The third kappa shape index (κ3) is 6.08. The molecule has 1 heterocycles. The molecule has 0 bridgehead atoms. The van der Waals surface area contributed by atoms with Gasteiger partial charge < -0.3 is 14.9 Å². The molecular weight excluding hydrogens is 364 g/mol. The number of hydrogen-bond acceptors (Lipinski definition) is 3. The lowest BCUT2D eigenvalue weighted by atomic mass is 9.89. The fourth-order valence-electron chi connectivity index (χ4n) is 4.00. The molecule has 1 aliphatic rings. The van der Waals surface area contributed by atoms with E-state index in [1.165, 1.54) is 18.2 Å². The van der Waals surface area contributed by atoms with Crippen molar-refractivity contribution in [1.82, 2.24) is 4.90 Å². The van der Waals surface area contributed by atoms with Gasteiger partial charge in [-0.1, -0.05) is 42.5 Å².